The molecule has 26 heavy (non-hydrogen) atoms. The highest BCUT2D eigenvalue weighted by Gasteiger charge is 2.37. The molecule has 6 nitrogen and oxygen atoms in total. The number of hydrogen-bond donors (Lipinski definition) is 0. The first-order chi connectivity index (χ1) is 12.2. The predicted octanol–water partition coefficient (Wildman–Crippen LogP) is 1.81. The van der Waals surface area contributed by atoms with Crippen LogP contribution >= 0.6 is 0 Å². The SMILES string of the molecule is Cc1c(C)c(C)c(CC2[CH]C(=O)OC2=O)c(CC2[CH]C(=O)OC2=O)c1C. The van der Waals surface area contributed by atoms with Crippen molar-refractivity contribution in [2.75, 3.05) is 0 Å². The van der Waals surface area contributed by atoms with E-state index < -0.39 is 35.7 Å². The fourth-order valence-electron chi connectivity index (χ4n) is 3.63. The molecule has 2 unspecified atom stereocenters. The lowest BCUT2D eigenvalue weighted by molar-refractivity contribution is -0.154. The van der Waals surface area contributed by atoms with Gasteiger partial charge in [-0.2, -0.15) is 0 Å². The highest BCUT2D eigenvalue weighted by Crippen LogP contribution is 2.33. The second kappa shape index (κ2) is 6.67. The summed E-state index contributed by atoms with van der Waals surface area (Å²) < 4.78 is 9.23. The van der Waals surface area contributed by atoms with E-state index in [1.807, 2.05) is 27.7 Å². The van der Waals surface area contributed by atoms with Gasteiger partial charge in [-0.3, -0.25) is 19.2 Å². The maximum Gasteiger partial charge on any atom is 0.318 e. The molecule has 2 aliphatic heterocycles. The molecule has 0 bridgehead atoms. The zero-order valence-electron chi connectivity index (χ0n) is 15.2. The Morgan fingerprint density at radius 3 is 1.27 bits per heavy atom. The van der Waals surface area contributed by atoms with Crippen LogP contribution in [0, 0.1) is 52.4 Å². The summed E-state index contributed by atoms with van der Waals surface area (Å²) in [5, 5.41) is 0. The Morgan fingerprint density at radius 2 is 1.00 bits per heavy atom. The summed E-state index contributed by atoms with van der Waals surface area (Å²) in [6.07, 6.45) is 3.22. The smallest absolute Gasteiger partial charge is 0.318 e. The van der Waals surface area contributed by atoms with E-state index in [4.69, 9.17) is 0 Å². The molecule has 136 valence electrons. The Labute approximate surface area is 151 Å². The summed E-state index contributed by atoms with van der Waals surface area (Å²) in [5.74, 6) is -3.64. The van der Waals surface area contributed by atoms with Crippen LogP contribution in [-0.4, -0.2) is 23.9 Å². The minimum atomic E-state index is -0.636. The van der Waals surface area contributed by atoms with Crippen LogP contribution < -0.4 is 0 Å². The van der Waals surface area contributed by atoms with Crippen molar-refractivity contribution < 1.29 is 28.7 Å². The van der Waals surface area contributed by atoms with E-state index in [2.05, 4.69) is 9.47 Å². The fraction of sp³-hybridized carbons (Fsp3) is 0.400. The van der Waals surface area contributed by atoms with Crippen molar-refractivity contribution in [3.63, 3.8) is 0 Å². The third kappa shape index (κ3) is 3.16. The van der Waals surface area contributed by atoms with Gasteiger partial charge in [0.15, 0.2) is 0 Å². The second-order valence-electron chi connectivity index (χ2n) is 6.89. The molecule has 2 aliphatic rings. The van der Waals surface area contributed by atoms with E-state index in [-0.39, 0.29) is 0 Å². The summed E-state index contributed by atoms with van der Waals surface area (Å²) in [6, 6.07) is 0. The molecule has 1 aromatic carbocycles. The zero-order chi connectivity index (χ0) is 19.2. The Morgan fingerprint density at radius 1 is 0.654 bits per heavy atom. The molecule has 2 fully saturated rings. The Bertz CT molecular complexity index is 766. The topological polar surface area (TPSA) is 86.7 Å². The third-order valence-electron chi connectivity index (χ3n) is 5.49. The lowest BCUT2D eigenvalue weighted by Crippen LogP contribution is -2.18. The molecule has 0 amide bonds. The molecule has 0 saturated carbocycles. The standard InChI is InChI=1S/C20H20O6/c1-9-10(2)12(4)16(6-14-8-18(22)26-20(14)24)15(11(9)3)5-13-7-17(21)25-19(13)23/h7-8,13-14H,5-6H2,1-4H3. The summed E-state index contributed by atoms with van der Waals surface area (Å²) in [4.78, 5) is 46.5. The average Bonchev–Trinajstić information content (AvgIpc) is 3.06. The number of ether oxygens (including phenoxy) is 2. The van der Waals surface area contributed by atoms with E-state index in [1.54, 1.807) is 0 Å². The third-order valence-corrected chi connectivity index (χ3v) is 5.49. The van der Waals surface area contributed by atoms with Crippen LogP contribution in [0.5, 0.6) is 0 Å². The van der Waals surface area contributed by atoms with Crippen molar-refractivity contribution in [1.29, 1.82) is 0 Å². The Kier molecular flexibility index (Phi) is 4.69. The van der Waals surface area contributed by atoms with Crippen LogP contribution in [0.2, 0.25) is 0 Å². The summed E-state index contributed by atoms with van der Waals surface area (Å²) in [7, 11) is 0. The molecule has 0 aromatic heterocycles. The van der Waals surface area contributed by atoms with Gasteiger partial charge >= 0.3 is 23.9 Å². The Hall–Kier alpha value is -2.50. The maximum atomic E-state index is 11.9. The van der Waals surface area contributed by atoms with Crippen LogP contribution in [0.4, 0.5) is 0 Å². The molecule has 2 saturated heterocycles. The molecule has 2 heterocycles. The first kappa shape index (κ1) is 18.3. The molecule has 0 aliphatic carbocycles. The maximum absolute atomic E-state index is 11.9. The van der Waals surface area contributed by atoms with Crippen molar-refractivity contribution in [1.82, 2.24) is 0 Å². The number of esters is 4. The summed E-state index contributed by atoms with van der Waals surface area (Å²) >= 11 is 0. The molecule has 3 rings (SSSR count). The van der Waals surface area contributed by atoms with Crippen LogP contribution in [0.25, 0.3) is 0 Å². The van der Waals surface area contributed by atoms with Crippen molar-refractivity contribution in [3.05, 3.63) is 46.2 Å². The van der Waals surface area contributed by atoms with Crippen LogP contribution in [0.1, 0.15) is 33.4 Å². The van der Waals surface area contributed by atoms with Gasteiger partial charge in [0.05, 0.1) is 24.7 Å². The van der Waals surface area contributed by atoms with Gasteiger partial charge < -0.3 is 9.47 Å². The summed E-state index contributed by atoms with van der Waals surface area (Å²) in [5.41, 5.74) is 6.07. The van der Waals surface area contributed by atoms with E-state index in [9.17, 15) is 19.2 Å². The lowest BCUT2D eigenvalue weighted by Gasteiger charge is -2.23. The minimum Gasteiger partial charge on any atom is -0.393 e. The zero-order valence-corrected chi connectivity index (χ0v) is 15.2. The molecule has 0 spiro atoms. The Balaban J connectivity index is 2.01. The van der Waals surface area contributed by atoms with E-state index >= 15 is 0 Å². The normalized spacial score (nSPS) is 22.8. The van der Waals surface area contributed by atoms with Crippen molar-refractivity contribution in [2.24, 2.45) is 11.8 Å². The molecular formula is C20H20O6. The molecular weight excluding hydrogens is 336 g/mol. The van der Waals surface area contributed by atoms with Crippen LogP contribution in [0.15, 0.2) is 0 Å². The highest BCUT2D eigenvalue weighted by molar-refractivity contribution is 6.01. The van der Waals surface area contributed by atoms with Crippen molar-refractivity contribution in [2.45, 2.75) is 40.5 Å². The number of carbonyl (C=O) groups is 4. The first-order valence-corrected chi connectivity index (χ1v) is 8.48. The van der Waals surface area contributed by atoms with Gasteiger partial charge in [0.25, 0.3) is 0 Å². The van der Waals surface area contributed by atoms with E-state index in [0.29, 0.717) is 12.8 Å². The van der Waals surface area contributed by atoms with Crippen molar-refractivity contribution in [3.8, 4) is 0 Å². The molecule has 2 atom stereocenters. The second-order valence-corrected chi connectivity index (χ2v) is 6.89. The quantitative estimate of drug-likeness (QED) is 0.604. The van der Waals surface area contributed by atoms with Gasteiger partial charge in [-0.25, -0.2) is 0 Å². The van der Waals surface area contributed by atoms with Gasteiger partial charge in [0.1, 0.15) is 0 Å². The number of rotatable bonds is 4. The average molecular weight is 356 g/mol. The van der Waals surface area contributed by atoms with Gasteiger partial charge in [0, 0.05) is 0 Å². The van der Waals surface area contributed by atoms with Crippen molar-refractivity contribution >= 4 is 23.9 Å². The molecule has 6 heteroatoms. The number of hydrogen-bond acceptors (Lipinski definition) is 6. The van der Waals surface area contributed by atoms with Gasteiger partial charge in [-0.05, 0) is 73.9 Å². The first-order valence-electron chi connectivity index (χ1n) is 8.48. The summed E-state index contributed by atoms with van der Waals surface area (Å²) in [6.45, 7) is 7.94. The monoisotopic (exact) mass is 356 g/mol. The van der Waals surface area contributed by atoms with Crippen LogP contribution in [0.3, 0.4) is 0 Å². The lowest BCUT2D eigenvalue weighted by atomic mass is 9.81. The molecule has 1 aromatic rings. The van der Waals surface area contributed by atoms with E-state index in [0.717, 1.165) is 33.4 Å². The van der Waals surface area contributed by atoms with E-state index in [1.165, 1.54) is 12.8 Å². The molecule has 2 radical (unpaired) electrons. The van der Waals surface area contributed by atoms with Gasteiger partial charge in [-0.15, -0.1) is 0 Å². The molecule has 0 N–H and O–H groups in total. The largest absolute Gasteiger partial charge is 0.393 e. The van der Waals surface area contributed by atoms with Gasteiger partial charge in [-0.1, -0.05) is 0 Å². The highest BCUT2D eigenvalue weighted by atomic mass is 16.6. The number of carbonyl (C=O) groups excluding carboxylic acids is 4. The van der Waals surface area contributed by atoms with Gasteiger partial charge in [0.2, 0.25) is 0 Å². The number of cyclic esters (lactones) is 4. The fourth-order valence-corrected chi connectivity index (χ4v) is 3.63. The minimum absolute atomic E-state index is 0.323. The predicted molar refractivity (Wildman–Crippen MR) is 90.6 cm³/mol. The van der Waals surface area contributed by atoms with Crippen LogP contribution in [-0.2, 0) is 41.5 Å². The number of benzene rings is 1.